The number of nitrogens with one attached hydrogen (secondary N) is 1. The molecule has 6 heteroatoms. The van der Waals surface area contributed by atoms with Crippen molar-refractivity contribution < 1.29 is 4.92 Å². The Morgan fingerprint density at radius 3 is 2.80 bits per heavy atom. The van der Waals surface area contributed by atoms with Crippen LogP contribution in [0, 0.1) is 23.0 Å². The average Bonchev–Trinajstić information content (AvgIpc) is 2.45. The Labute approximate surface area is 119 Å². The average molecular weight is 278 g/mol. The van der Waals surface area contributed by atoms with Crippen LogP contribution >= 0.6 is 0 Å². The Bertz CT molecular complexity index is 470. The van der Waals surface area contributed by atoms with Gasteiger partial charge in [0.25, 0.3) is 0 Å². The smallest absolute Gasteiger partial charge is 0.314 e. The maximum absolute atomic E-state index is 11.2. The number of nitro groups is 1. The van der Waals surface area contributed by atoms with Gasteiger partial charge >= 0.3 is 5.69 Å². The molecule has 1 aliphatic rings. The minimum Gasteiger partial charge on any atom is -0.351 e. The van der Waals surface area contributed by atoms with Crippen LogP contribution in [0.4, 0.5) is 11.5 Å². The number of pyridine rings is 1. The molecule has 0 unspecified atom stereocenters. The number of hydrogen-bond acceptors (Lipinski definition) is 5. The lowest BCUT2D eigenvalue weighted by atomic mass is 9.93. The van der Waals surface area contributed by atoms with E-state index in [1.165, 1.54) is 6.42 Å². The Morgan fingerprint density at radius 1 is 1.50 bits per heavy atom. The molecule has 2 heterocycles. The zero-order valence-electron chi connectivity index (χ0n) is 12.1. The first kappa shape index (κ1) is 14.7. The second kappa shape index (κ2) is 6.65. The van der Waals surface area contributed by atoms with Gasteiger partial charge in [-0.2, -0.15) is 0 Å². The predicted octanol–water partition coefficient (Wildman–Crippen LogP) is 2.12. The molecule has 0 saturated carbocycles. The zero-order valence-corrected chi connectivity index (χ0v) is 12.1. The number of piperidine rings is 1. The van der Waals surface area contributed by atoms with Gasteiger partial charge in [0.05, 0.1) is 4.92 Å². The summed E-state index contributed by atoms with van der Waals surface area (Å²) in [6.07, 6.45) is 4.99. The van der Waals surface area contributed by atoms with Crippen LogP contribution in [-0.2, 0) is 0 Å². The SMILES string of the molecule is CNCCC1CCN(c2nccc(C)c2[N+](=O)[O-])CC1. The summed E-state index contributed by atoms with van der Waals surface area (Å²) in [6.45, 7) is 4.51. The van der Waals surface area contributed by atoms with Crippen LogP contribution in [0.2, 0.25) is 0 Å². The van der Waals surface area contributed by atoms with Crippen molar-refractivity contribution in [1.29, 1.82) is 0 Å². The van der Waals surface area contributed by atoms with E-state index in [4.69, 9.17) is 0 Å². The van der Waals surface area contributed by atoms with Crippen molar-refractivity contribution in [1.82, 2.24) is 10.3 Å². The highest BCUT2D eigenvalue weighted by Gasteiger charge is 2.27. The summed E-state index contributed by atoms with van der Waals surface area (Å²) in [5.41, 5.74) is 0.832. The fraction of sp³-hybridized carbons (Fsp3) is 0.643. The Hall–Kier alpha value is -1.69. The van der Waals surface area contributed by atoms with Crippen LogP contribution in [0.1, 0.15) is 24.8 Å². The summed E-state index contributed by atoms with van der Waals surface area (Å²) in [5, 5.41) is 14.4. The van der Waals surface area contributed by atoms with Crippen molar-refractivity contribution in [3.05, 3.63) is 27.9 Å². The summed E-state index contributed by atoms with van der Waals surface area (Å²) in [6, 6.07) is 1.70. The second-order valence-electron chi connectivity index (χ2n) is 5.38. The molecule has 0 aromatic carbocycles. The third-order valence-corrected chi connectivity index (χ3v) is 4.01. The van der Waals surface area contributed by atoms with Gasteiger partial charge in [-0.25, -0.2) is 4.98 Å². The molecule has 0 atom stereocenters. The number of aryl methyl sites for hydroxylation is 1. The highest BCUT2D eigenvalue weighted by atomic mass is 16.6. The monoisotopic (exact) mass is 278 g/mol. The van der Waals surface area contributed by atoms with Crippen LogP contribution in [0.15, 0.2) is 12.3 Å². The number of anilines is 1. The van der Waals surface area contributed by atoms with E-state index in [0.29, 0.717) is 17.3 Å². The van der Waals surface area contributed by atoms with Gasteiger partial charge < -0.3 is 10.2 Å². The molecule has 1 fully saturated rings. The standard InChI is InChI=1S/C14H22N4O2/c1-11-3-8-16-14(13(11)18(19)20)17-9-5-12(6-10-17)4-7-15-2/h3,8,12,15H,4-7,9-10H2,1-2H3. The van der Waals surface area contributed by atoms with E-state index < -0.39 is 0 Å². The van der Waals surface area contributed by atoms with Crippen LogP contribution in [-0.4, -0.2) is 36.6 Å². The molecule has 110 valence electrons. The molecule has 20 heavy (non-hydrogen) atoms. The number of aromatic nitrogens is 1. The fourth-order valence-corrected chi connectivity index (χ4v) is 2.78. The summed E-state index contributed by atoms with van der Waals surface area (Å²) < 4.78 is 0. The zero-order chi connectivity index (χ0) is 14.5. The molecule has 0 amide bonds. The lowest BCUT2D eigenvalue weighted by molar-refractivity contribution is -0.384. The van der Waals surface area contributed by atoms with Crippen molar-refractivity contribution in [2.45, 2.75) is 26.2 Å². The number of hydrogen-bond donors (Lipinski definition) is 1. The Morgan fingerprint density at radius 2 is 2.20 bits per heavy atom. The van der Waals surface area contributed by atoms with Gasteiger partial charge in [0.2, 0.25) is 5.82 Å². The second-order valence-corrected chi connectivity index (χ2v) is 5.38. The van der Waals surface area contributed by atoms with E-state index in [2.05, 4.69) is 15.2 Å². The first-order valence-electron chi connectivity index (χ1n) is 7.13. The van der Waals surface area contributed by atoms with E-state index in [1.807, 2.05) is 7.05 Å². The first-order chi connectivity index (χ1) is 9.63. The van der Waals surface area contributed by atoms with Crippen molar-refractivity contribution in [3.63, 3.8) is 0 Å². The van der Waals surface area contributed by atoms with Gasteiger partial charge in [0, 0.05) is 24.8 Å². The van der Waals surface area contributed by atoms with Gasteiger partial charge in [0.15, 0.2) is 0 Å². The van der Waals surface area contributed by atoms with Crippen molar-refractivity contribution in [2.24, 2.45) is 5.92 Å². The predicted molar refractivity (Wildman–Crippen MR) is 79.1 cm³/mol. The molecule has 0 aliphatic carbocycles. The van der Waals surface area contributed by atoms with Gasteiger partial charge in [-0.05, 0) is 51.8 Å². The molecule has 1 saturated heterocycles. The minimum absolute atomic E-state index is 0.154. The van der Waals surface area contributed by atoms with Crippen molar-refractivity contribution >= 4 is 11.5 Å². The lowest BCUT2D eigenvalue weighted by Crippen LogP contribution is -2.35. The maximum atomic E-state index is 11.2. The van der Waals surface area contributed by atoms with Crippen LogP contribution in [0.3, 0.4) is 0 Å². The van der Waals surface area contributed by atoms with Gasteiger partial charge in [-0.1, -0.05) is 0 Å². The Kier molecular flexibility index (Phi) is 4.89. The highest BCUT2D eigenvalue weighted by molar-refractivity contribution is 5.61. The molecule has 1 aliphatic heterocycles. The third-order valence-electron chi connectivity index (χ3n) is 4.01. The largest absolute Gasteiger partial charge is 0.351 e. The minimum atomic E-state index is -0.315. The highest BCUT2D eigenvalue weighted by Crippen LogP contribution is 2.32. The van der Waals surface area contributed by atoms with E-state index in [1.54, 1.807) is 19.2 Å². The van der Waals surface area contributed by atoms with E-state index in [9.17, 15) is 10.1 Å². The van der Waals surface area contributed by atoms with Crippen molar-refractivity contribution in [2.75, 3.05) is 31.6 Å². The Balaban J connectivity index is 2.07. The summed E-state index contributed by atoms with van der Waals surface area (Å²) in [7, 11) is 1.97. The number of rotatable bonds is 5. The molecule has 0 bridgehead atoms. The van der Waals surface area contributed by atoms with Crippen LogP contribution < -0.4 is 10.2 Å². The summed E-state index contributed by atoms with van der Waals surface area (Å²) >= 11 is 0. The van der Waals surface area contributed by atoms with Crippen LogP contribution in [0.25, 0.3) is 0 Å². The molecular formula is C14H22N4O2. The number of nitrogens with zero attached hydrogens (tertiary/aromatic N) is 3. The van der Waals surface area contributed by atoms with E-state index in [-0.39, 0.29) is 10.6 Å². The fourth-order valence-electron chi connectivity index (χ4n) is 2.78. The van der Waals surface area contributed by atoms with Crippen LogP contribution in [0.5, 0.6) is 0 Å². The molecule has 2 rings (SSSR count). The third kappa shape index (κ3) is 3.25. The molecular weight excluding hydrogens is 256 g/mol. The molecule has 0 radical (unpaired) electrons. The molecule has 1 aromatic heterocycles. The molecule has 0 spiro atoms. The molecule has 1 aromatic rings. The first-order valence-corrected chi connectivity index (χ1v) is 7.13. The normalized spacial score (nSPS) is 16.4. The van der Waals surface area contributed by atoms with Gasteiger partial charge in [-0.3, -0.25) is 10.1 Å². The quantitative estimate of drug-likeness (QED) is 0.660. The van der Waals surface area contributed by atoms with Gasteiger partial charge in [-0.15, -0.1) is 0 Å². The van der Waals surface area contributed by atoms with Crippen molar-refractivity contribution in [3.8, 4) is 0 Å². The topological polar surface area (TPSA) is 71.3 Å². The summed E-state index contributed by atoms with van der Waals surface area (Å²) in [5.74, 6) is 1.24. The molecule has 6 nitrogen and oxygen atoms in total. The van der Waals surface area contributed by atoms with E-state index in [0.717, 1.165) is 32.5 Å². The lowest BCUT2D eigenvalue weighted by Gasteiger charge is -2.32. The maximum Gasteiger partial charge on any atom is 0.314 e. The molecule has 1 N–H and O–H groups in total. The van der Waals surface area contributed by atoms with Gasteiger partial charge in [0.1, 0.15) is 0 Å². The van der Waals surface area contributed by atoms with E-state index >= 15 is 0 Å². The summed E-state index contributed by atoms with van der Waals surface area (Å²) in [4.78, 5) is 17.2.